The highest BCUT2D eigenvalue weighted by molar-refractivity contribution is 6.05. The lowest BCUT2D eigenvalue weighted by Crippen LogP contribution is -2.49. The lowest BCUT2D eigenvalue weighted by Gasteiger charge is -2.34. The van der Waals surface area contributed by atoms with Gasteiger partial charge in [0.25, 0.3) is 5.91 Å². The first-order valence-corrected chi connectivity index (χ1v) is 9.35. The minimum absolute atomic E-state index is 0.0957. The number of nitrogens with zero attached hydrogens (tertiary/aromatic N) is 2. The van der Waals surface area contributed by atoms with E-state index >= 15 is 0 Å². The molecule has 2 amide bonds. The SMILES string of the molecule is CCN(Cc1ccccc1)C(=O)CN1C(=O)C(C)Oc2ccc(C(C)=O)cc21. The normalized spacial score (nSPS) is 15.6. The molecule has 3 rings (SSSR count). The molecule has 2 aromatic rings. The van der Waals surface area contributed by atoms with E-state index in [0.717, 1.165) is 5.56 Å². The van der Waals surface area contributed by atoms with Crippen LogP contribution in [0.3, 0.4) is 0 Å². The van der Waals surface area contributed by atoms with Gasteiger partial charge in [-0.15, -0.1) is 0 Å². The van der Waals surface area contributed by atoms with Crippen LogP contribution in [0, 0.1) is 0 Å². The number of carbonyl (C=O) groups is 3. The number of ketones is 1. The molecule has 0 aromatic heterocycles. The summed E-state index contributed by atoms with van der Waals surface area (Å²) < 4.78 is 5.65. The zero-order valence-electron chi connectivity index (χ0n) is 16.3. The lowest BCUT2D eigenvalue weighted by atomic mass is 10.1. The predicted octanol–water partition coefficient (Wildman–Crippen LogP) is 3.05. The van der Waals surface area contributed by atoms with Crippen LogP contribution in [0.4, 0.5) is 5.69 Å². The molecule has 1 unspecified atom stereocenters. The number of Topliss-reactive ketones (excluding diaryl/α,β-unsaturated/α-hetero) is 1. The smallest absolute Gasteiger partial charge is 0.268 e. The van der Waals surface area contributed by atoms with Gasteiger partial charge in [0.05, 0.1) is 5.69 Å². The summed E-state index contributed by atoms with van der Waals surface area (Å²) in [6.07, 6.45) is -0.687. The maximum Gasteiger partial charge on any atom is 0.268 e. The molecule has 1 atom stereocenters. The van der Waals surface area contributed by atoms with E-state index in [-0.39, 0.29) is 24.1 Å². The molecule has 0 saturated heterocycles. The largest absolute Gasteiger partial charge is 0.479 e. The van der Waals surface area contributed by atoms with E-state index < -0.39 is 6.10 Å². The molecular formula is C22H24N2O4. The number of hydrogen-bond acceptors (Lipinski definition) is 4. The maximum absolute atomic E-state index is 13.0. The third kappa shape index (κ3) is 4.06. The number of hydrogen-bond donors (Lipinski definition) is 0. The van der Waals surface area contributed by atoms with Crippen molar-refractivity contribution in [3.05, 3.63) is 59.7 Å². The first kappa shape index (κ1) is 19.6. The molecule has 0 radical (unpaired) electrons. The number of benzene rings is 2. The third-order valence-electron chi connectivity index (χ3n) is 4.82. The van der Waals surface area contributed by atoms with Crippen molar-refractivity contribution >= 4 is 23.3 Å². The van der Waals surface area contributed by atoms with Crippen molar-refractivity contribution in [3.63, 3.8) is 0 Å². The van der Waals surface area contributed by atoms with Gasteiger partial charge in [-0.3, -0.25) is 19.3 Å². The second-order valence-corrected chi connectivity index (χ2v) is 6.82. The number of carbonyl (C=O) groups excluding carboxylic acids is 3. The Morgan fingerprint density at radius 1 is 1.14 bits per heavy atom. The van der Waals surface area contributed by atoms with Gasteiger partial charge in [-0.2, -0.15) is 0 Å². The van der Waals surface area contributed by atoms with E-state index in [4.69, 9.17) is 4.74 Å². The van der Waals surface area contributed by atoms with Gasteiger partial charge in [0, 0.05) is 18.7 Å². The van der Waals surface area contributed by atoms with Crippen LogP contribution in [0.15, 0.2) is 48.5 Å². The fourth-order valence-electron chi connectivity index (χ4n) is 3.20. The van der Waals surface area contributed by atoms with Crippen LogP contribution in [-0.2, 0) is 16.1 Å². The Kier molecular flexibility index (Phi) is 5.78. The molecule has 0 fully saturated rings. The lowest BCUT2D eigenvalue weighted by molar-refractivity contribution is -0.133. The Morgan fingerprint density at radius 3 is 2.50 bits per heavy atom. The third-order valence-corrected chi connectivity index (χ3v) is 4.82. The average molecular weight is 380 g/mol. The monoisotopic (exact) mass is 380 g/mol. The Labute approximate surface area is 164 Å². The topological polar surface area (TPSA) is 66.9 Å². The van der Waals surface area contributed by atoms with Crippen LogP contribution in [0.1, 0.15) is 36.7 Å². The van der Waals surface area contributed by atoms with Crippen LogP contribution in [0.2, 0.25) is 0 Å². The van der Waals surface area contributed by atoms with Gasteiger partial charge in [-0.05, 0) is 44.5 Å². The highest BCUT2D eigenvalue weighted by Crippen LogP contribution is 2.35. The molecule has 0 aliphatic carbocycles. The quantitative estimate of drug-likeness (QED) is 0.723. The van der Waals surface area contributed by atoms with Crippen LogP contribution in [-0.4, -0.2) is 41.7 Å². The maximum atomic E-state index is 13.0. The highest BCUT2D eigenvalue weighted by atomic mass is 16.5. The van der Waals surface area contributed by atoms with Crippen molar-refractivity contribution in [1.82, 2.24) is 4.90 Å². The van der Waals surface area contributed by atoms with Gasteiger partial charge in [0.2, 0.25) is 5.91 Å². The minimum Gasteiger partial charge on any atom is -0.479 e. The fourth-order valence-corrected chi connectivity index (χ4v) is 3.20. The number of fused-ring (bicyclic) bond motifs is 1. The molecule has 0 spiro atoms. The minimum atomic E-state index is -0.687. The standard InChI is InChI=1S/C22H24N2O4/c1-4-23(13-17-8-6-5-7-9-17)21(26)14-24-19-12-18(15(2)25)10-11-20(19)28-16(3)22(24)27/h5-12,16H,4,13-14H2,1-3H3. The van der Waals surface area contributed by atoms with Gasteiger partial charge < -0.3 is 9.64 Å². The van der Waals surface area contributed by atoms with Gasteiger partial charge in [-0.25, -0.2) is 0 Å². The summed E-state index contributed by atoms with van der Waals surface area (Å²) in [5.74, 6) is -0.0688. The molecule has 2 aromatic carbocycles. The Hall–Kier alpha value is -3.15. The molecule has 1 heterocycles. The summed E-state index contributed by atoms with van der Waals surface area (Å²) >= 11 is 0. The Balaban J connectivity index is 1.85. The number of likely N-dealkylation sites (N-methyl/N-ethyl adjacent to an activating group) is 1. The van der Waals surface area contributed by atoms with Crippen molar-refractivity contribution < 1.29 is 19.1 Å². The van der Waals surface area contributed by atoms with Crippen LogP contribution in [0.25, 0.3) is 0 Å². The summed E-state index contributed by atoms with van der Waals surface area (Å²) in [5.41, 5.74) is 1.96. The Bertz CT molecular complexity index is 895. The van der Waals surface area contributed by atoms with E-state index in [0.29, 0.717) is 30.1 Å². The van der Waals surface area contributed by atoms with E-state index in [1.807, 2.05) is 37.3 Å². The number of amides is 2. The molecule has 1 aliphatic rings. The fraction of sp³-hybridized carbons (Fsp3) is 0.318. The van der Waals surface area contributed by atoms with Crippen molar-refractivity contribution in [2.45, 2.75) is 33.4 Å². The molecule has 146 valence electrons. The number of ether oxygens (including phenoxy) is 1. The van der Waals surface area contributed by atoms with E-state index in [1.165, 1.54) is 11.8 Å². The van der Waals surface area contributed by atoms with Gasteiger partial charge in [0.1, 0.15) is 12.3 Å². The summed E-state index contributed by atoms with van der Waals surface area (Å²) in [6, 6.07) is 14.7. The van der Waals surface area contributed by atoms with Gasteiger partial charge in [-0.1, -0.05) is 30.3 Å². The molecule has 6 nitrogen and oxygen atoms in total. The molecular weight excluding hydrogens is 356 g/mol. The number of anilines is 1. The van der Waals surface area contributed by atoms with Crippen molar-refractivity contribution in [1.29, 1.82) is 0 Å². The second-order valence-electron chi connectivity index (χ2n) is 6.82. The summed E-state index contributed by atoms with van der Waals surface area (Å²) in [4.78, 5) is 40.5. The van der Waals surface area contributed by atoms with Crippen molar-refractivity contribution in [2.75, 3.05) is 18.0 Å². The zero-order valence-corrected chi connectivity index (χ0v) is 16.3. The molecule has 0 N–H and O–H groups in total. The van der Waals surface area contributed by atoms with Crippen LogP contribution >= 0.6 is 0 Å². The van der Waals surface area contributed by atoms with E-state index in [2.05, 4.69) is 0 Å². The summed E-state index contributed by atoms with van der Waals surface area (Å²) in [7, 11) is 0. The van der Waals surface area contributed by atoms with Crippen LogP contribution in [0.5, 0.6) is 5.75 Å². The zero-order chi connectivity index (χ0) is 20.3. The Morgan fingerprint density at radius 2 is 1.86 bits per heavy atom. The van der Waals surface area contributed by atoms with Crippen LogP contribution < -0.4 is 9.64 Å². The highest BCUT2D eigenvalue weighted by Gasteiger charge is 2.34. The average Bonchev–Trinajstić information content (AvgIpc) is 2.69. The molecule has 28 heavy (non-hydrogen) atoms. The first-order valence-electron chi connectivity index (χ1n) is 9.35. The molecule has 0 bridgehead atoms. The molecule has 0 saturated carbocycles. The van der Waals surface area contributed by atoms with Crippen molar-refractivity contribution in [2.24, 2.45) is 0 Å². The summed E-state index contributed by atoms with van der Waals surface area (Å²) in [5, 5.41) is 0. The molecule has 1 aliphatic heterocycles. The predicted molar refractivity (Wildman–Crippen MR) is 106 cm³/mol. The second kappa shape index (κ2) is 8.25. The number of rotatable bonds is 6. The molecule has 6 heteroatoms. The summed E-state index contributed by atoms with van der Waals surface area (Å²) in [6.45, 7) is 5.94. The van der Waals surface area contributed by atoms with E-state index in [1.54, 1.807) is 30.0 Å². The first-order chi connectivity index (χ1) is 13.4. The van der Waals surface area contributed by atoms with Gasteiger partial charge >= 0.3 is 0 Å². The van der Waals surface area contributed by atoms with E-state index in [9.17, 15) is 14.4 Å². The van der Waals surface area contributed by atoms with Gasteiger partial charge in [0.15, 0.2) is 11.9 Å². The van der Waals surface area contributed by atoms with Crippen molar-refractivity contribution in [3.8, 4) is 5.75 Å².